The molecule has 38 heavy (non-hydrogen) atoms. The molecule has 0 saturated heterocycles. The number of rotatable bonds is 8. The van der Waals surface area contributed by atoms with E-state index in [1.807, 2.05) is 31.2 Å². The highest BCUT2D eigenvalue weighted by Crippen LogP contribution is 2.28. The van der Waals surface area contributed by atoms with Gasteiger partial charge in [-0.15, -0.1) is 5.10 Å². The molecule has 0 radical (unpaired) electrons. The van der Waals surface area contributed by atoms with E-state index in [4.69, 9.17) is 20.8 Å². The fourth-order valence-corrected chi connectivity index (χ4v) is 4.21. The fraction of sp³-hybridized carbons (Fsp3) is 0.179. The number of anilines is 1. The Morgan fingerprint density at radius 3 is 2.58 bits per heavy atom. The number of nitrogens with zero attached hydrogens (tertiary/aromatic N) is 3. The van der Waals surface area contributed by atoms with Gasteiger partial charge in [0.25, 0.3) is 5.91 Å². The molecule has 1 amide bonds. The van der Waals surface area contributed by atoms with Crippen LogP contribution in [0.4, 0.5) is 5.69 Å². The van der Waals surface area contributed by atoms with Crippen LogP contribution in [0.15, 0.2) is 75.9 Å². The minimum atomic E-state index is -0.353. The molecule has 9 nitrogen and oxygen atoms in total. The van der Waals surface area contributed by atoms with E-state index in [0.29, 0.717) is 34.9 Å². The minimum absolute atomic E-state index is 0.165. The maximum atomic E-state index is 13.0. The summed E-state index contributed by atoms with van der Waals surface area (Å²) in [6.45, 7) is 4.51. The van der Waals surface area contributed by atoms with Gasteiger partial charge in [0.1, 0.15) is 5.75 Å². The first kappa shape index (κ1) is 25.2. The van der Waals surface area contributed by atoms with Gasteiger partial charge >= 0.3 is 0 Å². The number of aromatic nitrogens is 4. The molecule has 0 aliphatic rings. The van der Waals surface area contributed by atoms with Crippen molar-refractivity contribution in [2.45, 2.75) is 26.2 Å². The van der Waals surface area contributed by atoms with Gasteiger partial charge in [-0.2, -0.15) is 0 Å². The average molecular weight is 530 g/mol. The lowest BCUT2D eigenvalue weighted by atomic mass is 9.98. The quantitative estimate of drug-likeness (QED) is 0.262. The largest absolute Gasteiger partial charge is 0.494 e. The smallest absolute Gasteiger partial charge is 0.255 e. The van der Waals surface area contributed by atoms with Crippen LogP contribution in [0.2, 0.25) is 5.02 Å². The van der Waals surface area contributed by atoms with E-state index in [1.54, 1.807) is 36.4 Å². The summed E-state index contributed by atoms with van der Waals surface area (Å²) in [6.07, 6.45) is 0.835. The number of H-pyrrole nitrogens is 1. The zero-order valence-corrected chi connectivity index (χ0v) is 21.5. The monoisotopic (exact) mass is 529 g/mol. The van der Waals surface area contributed by atoms with Crippen LogP contribution in [0.3, 0.4) is 0 Å². The Kier molecular flexibility index (Phi) is 7.19. The topological polar surface area (TPSA) is 123 Å². The van der Waals surface area contributed by atoms with Crippen molar-refractivity contribution in [2.24, 2.45) is 0 Å². The van der Waals surface area contributed by atoms with Gasteiger partial charge in [0.2, 0.25) is 5.82 Å². The first-order chi connectivity index (χ1) is 18.4. The number of tetrazole rings is 1. The highest BCUT2D eigenvalue weighted by atomic mass is 35.5. The van der Waals surface area contributed by atoms with Crippen molar-refractivity contribution in [3.63, 3.8) is 0 Å². The summed E-state index contributed by atoms with van der Waals surface area (Å²) in [7, 11) is 0. The van der Waals surface area contributed by atoms with Crippen molar-refractivity contribution < 1.29 is 13.9 Å². The molecule has 2 heterocycles. The predicted octanol–water partition coefficient (Wildman–Crippen LogP) is 5.76. The lowest BCUT2D eigenvalue weighted by Crippen LogP contribution is -2.13. The molecule has 5 rings (SSSR count). The summed E-state index contributed by atoms with van der Waals surface area (Å²) in [6, 6.07) is 19.5. The summed E-state index contributed by atoms with van der Waals surface area (Å²) in [4.78, 5) is 25.8. The van der Waals surface area contributed by atoms with Gasteiger partial charge in [-0.05, 0) is 89.3 Å². The highest BCUT2D eigenvalue weighted by molar-refractivity contribution is 6.30. The van der Waals surface area contributed by atoms with Crippen LogP contribution in [0.5, 0.6) is 5.75 Å². The molecule has 192 valence electrons. The predicted molar refractivity (Wildman–Crippen MR) is 145 cm³/mol. The van der Waals surface area contributed by atoms with Crippen molar-refractivity contribution in [1.82, 2.24) is 20.6 Å². The fourth-order valence-electron chi connectivity index (χ4n) is 4.08. The highest BCUT2D eigenvalue weighted by Gasteiger charge is 2.16. The summed E-state index contributed by atoms with van der Waals surface area (Å²) < 4.78 is 11.8. The van der Waals surface area contributed by atoms with Crippen molar-refractivity contribution in [2.75, 3.05) is 11.9 Å². The Labute approximate surface area is 222 Å². The number of nitrogens with one attached hydrogen (secondary N) is 2. The first-order valence-electron chi connectivity index (χ1n) is 12.0. The number of amides is 1. The molecule has 0 fully saturated rings. The lowest BCUT2D eigenvalue weighted by Gasteiger charge is -2.13. The first-order valence-corrected chi connectivity index (χ1v) is 12.4. The van der Waals surface area contributed by atoms with Gasteiger partial charge in [0.05, 0.1) is 17.7 Å². The number of carbonyl (C=O) groups excluding carboxylic acids is 1. The van der Waals surface area contributed by atoms with Gasteiger partial charge in [0.15, 0.2) is 16.8 Å². The van der Waals surface area contributed by atoms with E-state index in [2.05, 4.69) is 32.9 Å². The third kappa shape index (κ3) is 5.57. The molecule has 2 aromatic heterocycles. The van der Waals surface area contributed by atoms with Crippen LogP contribution < -0.4 is 15.5 Å². The normalized spacial score (nSPS) is 11.9. The molecule has 3 aromatic carbocycles. The Hall–Kier alpha value is -4.50. The molecule has 0 bridgehead atoms. The van der Waals surface area contributed by atoms with Gasteiger partial charge in [-0.1, -0.05) is 30.7 Å². The Balaban J connectivity index is 1.27. The van der Waals surface area contributed by atoms with E-state index in [1.165, 1.54) is 11.6 Å². The number of fused-ring (bicyclic) bond motifs is 1. The van der Waals surface area contributed by atoms with E-state index in [-0.39, 0.29) is 28.5 Å². The summed E-state index contributed by atoms with van der Waals surface area (Å²) in [5, 5.41) is 17.3. The number of aromatic amines is 1. The summed E-state index contributed by atoms with van der Waals surface area (Å²) in [5.74, 6) is 1.01. The second-order valence-electron chi connectivity index (χ2n) is 8.98. The molecule has 0 saturated carbocycles. The molecule has 1 unspecified atom stereocenters. The average Bonchev–Trinajstić information content (AvgIpc) is 3.45. The molecule has 0 spiro atoms. The number of aryl methyl sites for hydroxylation is 1. The number of benzene rings is 3. The molecular weight excluding hydrogens is 506 g/mol. The third-order valence-electron chi connectivity index (χ3n) is 6.18. The standard InChI is InChI=1S/C28H24ClN5O4/c1-16-13-22-24(35)15-25(27-31-33-34-32-27)38-26(22)23(14-16)30-28(36)19-5-9-21(10-6-19)37-12-11-17(2)18-3-7-20(29)8-4-18/h3-10,13-15,17H,11-12H2,1-2H3,(H,30,36)(H,31,32,33,34). The number of ether oxygens (including phenoxy) is 1. The zero-order valence-electron chi connectivity index (χ0n) is 20.7. The molecule has 0 aliphatic carbocycles. The lowest BCUT2D eigenvalue weighted by molar-refractivity contribution is 0.102. The number of hydrogen-bond acceptors (Lipinski definition) is 7. The van der Waals surface area contributed by atoms with E-state index in [9.17, 15) is 9.59 Å². The van der Waals surface area contributed by atoms with E-state index >= 15 is 0 Å². The van der Waals surface area contributed by atoms with Gasteiger partial charge < -0.3 is 14.5 Å². The van der Waals surface area contributed by atoms with Crippen LogP contribution in [0.25, 0.3) is 22.6 Å². The van der Waals surface area contributed by atoms with Gasteiger partial charge in [-0.25, -0.2) is 5.10 Å². The van der Waals surface area contributed by atoms with E-state index in [0.717, 1.165) is 17.0 Å². The molecule has 2 N–H and O–H groups in total. The van der Waals surface area contributed by atoms with Crippen molar-refractivity contribution in [3.8, 4) is 17.3 Å². The van der Waals surface area contributed by atoms with Crippen LogP contribution in [-0.2, 0) is 0 Å². The van der Waals surface area contributed by atoms with Crippen molar-refractivity contribution in [1.29, 1.82) is 0 Å². The summed E-state index contributed by atoms with van der Waals surface area (Å²) in [5.41, 5.74) is 2.76. The molecule has 10 heteroatoms. The maximum absolute atomic E-state index is 13.0. The number of halogens is 1. The molecule has 1 atom stereocenters. The second kappa shape index (κ2) is 10.9. The van der Waals surface area contributed by atoms with Crippen LogP contribution >= 0.6 is 11.6 Å². The summed E-state index contributed by atoms with van der Waals surface area (Å²) >= 11 is 5.97. The van der Waals surface area contributed by atoms with Crippen LogP contribution in [-0.4, -0.2) is 33.1 Å². The molecule has 5 aromatic rings. The maximum Gasteiger partial charge on any atom is 0.255 e. The van der Waals surface area contributed by atoms with Crippen molar-refractivity contribution >= 4 is 34.2 Å². The van der Waals surface area contributed by atoms with Gasteiger partial charge in [0, 0.05) is 16.7 Å². The number of hydrogen-bond donors (Lipinski definition) is 2. The third-order valence-corrected chi connectivity index (χ3v) is 6.43. The van der Waals surface area contributed by atoms with Gasteiger partial charge in [-0.3, -0.25) is 9.59 Å². The zero-order chi connectivity index (χ0) is 26.6. The Morgan fingerprint density at radius 2 is 1.87 bits per heavy atom. The van der Waals surface area contributed by atoms with Crippen molar-refractivity contribution in [3.05, 3.63) is 98.7 Å². The number of carbonyl (C=O) groups is 1. The minimum Gasteiger partial charge on any atom is -0.494 e. The van der Waals surface area contributed by atoms with E-state index < -0.39 is 0 Å². The van der Waals surface area contributed by atoms with Crippen LogP contribution in [0.1, 0.15) is 40.7 Å². The second-order valence-corrected chi connectivity index (χ2v) is 9.42. The Morgan fingerprint density at radius 1 is 1.11 bits per heavy atom. The molecular formula is C28H24ClN5O4. The Bertz CT molecular complexity index is 1630. The molecule has 0 aliphatic heterocycles. The van der Waals surface area contributed by atoms with Crippen LogP contribution in [0, 0.1) is 6.92 Å². The SMILES string of the molecule is Cc1cc(NC(=O)c2ccc(OCCC(C)c3ccc(Cl)cc3)cc2)c2oc(-c3nnn[nH]3)cc(=O)c2c1.